The van der Waals surface area contributed by atoms with E-state index >= 15 is 0 Å². The first kappa shape index (κ1) is 21.9. The normalized spacial score (nSPS) is 11.7. The van der Waals surface area contributed by atoms with Gasteiger partial charge in [-0.1, -0.05) is 17.7 Å². The molecule has 0 spiro atoms. The highest BCUT2D eigenvalue weighted by Crippen LogP contribution is 2.24. The van der Waals surface area contributed by atoms with Gasteiger partial charge < -0.3 is 4.74 Å². The van der Waals surface area contributed by atoms with Gasteiger partial charge in [0.25, 0.3) is 20.0 Å². The summed E-state index contributed by atoms with van der Waals surface area (Å²) in [4.78, 5) is -0.388. The van der Waals surface area contributed by atoms with E-state index in [0.29, 0.717) is 5.02 Å². The van der Waals surface area contributed by atoms with Crippen molar-refractivity contribution >= 4 is 43.0 Å². The number of anilines is 2. The first-order valence-electron chi connectivity index (χ1n) is 8.35. The molecule has 3 rings (SSSR count). The van der Waals surface area contributed by atoms with E-state index in [-0.39, 0.29) is 26.9 Å². The maximum absolute atomic E-state index is 13.8. The van der Waals surface area contributed by atoms with E-state index < -0.39 is 25.9 Å². The number of benzene rings is 3. The molecule has 0 amide bonds. The molecule has 0 atom stereocenters. The van der Waals surface area contributed by atoms with Crippen LogP contribution in [-0.2, 0) is 20.0 Å². The molecule has 0 aliphatic heterocycles. The summed E-state index contributed by atoms with van der Waals surface area (Å²) in [5, 5.41) is 0.370. The molecular weight excluding hydrogens is 455 g/mol. The second-order valence-corrected chi connectivity index (χ2v) is 9.84. The van der Waals surface area contributed by atoms with Crippen LogP contribution in [-0.4, -0.2) is 23.9 Å². The molecule has 0 aliphatic rings. The molecular formula is C19H16ClFN2O5S2. The van der Waals surface area contributed by atoms with E-state index in [9.17, 15) is 21.2 Å². The summed E-state index contributed by atoms with van der Waals surface area (Å²) in [6, 6.07) is 14.4. The highest BCUT2D eigenvalue weighted by atomic mass is 35.5. The lowest BCUT2D eigenvalue weighted by molar-refractivity contribution is 0.385. The van der Waals surface area contributed by atoms with Crippen molar-refractivity contribution in [2.45, 2.75) is 9.79 Å². The van der Waals surface area contributed by atoms with Crippen molar-refractivity contribution in [3.63, 3.8) is 0 Å². The van der Waals surface area contributed by atoms with Gasteiger partial charge in [0.1, 0.15) is 0 Å². The third kappa shape index (κ3) is 5.02. The number of hydrogen-bond donors (Lipinski definition) is 2. The molecule has 0 heterocycles. The molecule has 0 saturated heterocycles. The standard InChI is InChI=1S/C19H16ClFN2O5S2/c1-28-19-10-9-17(12-18(19)21)30(26,27)22-14-5-7-16(8-6-14)29(24,25)23-15-4-2-3-13(20)11-15/h2-12,22-23H,1H3. The van der Waals surface area contributed by atoms with Crippen molar-refractivity contribution < 1.29 is 26.0 Å². The smallest absolute Gasteiger partial charge is 0.262 e. The molecule has 7 nitrogen and oxygen atoms in total. The molecule has 0 radical (unpaired) electrons. The number of halogens is 2. The Balaban J connectivity index is 1.79. The fraction of sp³-hybridized carbons (Fsp3) is 0.0526. The quantitative estimate of drug-likeness (QED) is 0.541. The van der Waals surface area contributed by atoms with Gasteiger partial charge in [0.15, 0.2) is 11.6 Å². The first-order chi connectivity index (χ1) is 14.1. The summed E-state index contributed by atoms with van der Waals surface area (Å²) >= 11 is 5.85. The van der Waals surface area contributed by atoms with E-state index in [1.54, 1.807) is 18.2 Å². The largest absolute Gasteiger partial charge is 0.494 e. The number of nitrogens with one attached hydrogen (secondary N) is 2. The third-order valence-electron chi connectivity index (χ3n) is 3.93. The van der Waals surface area contributed by atoms with Crippen molar-refractivity contribution in [3.8, 4) is 5.75 Å². The molecule has 158 valence electrons. The molecule has 3 aromatic rings. The molecule has 11 heteroatoms. The molecule has 3 aromatic carbocycles. The average molecular weight is 471 g/mol. The Morgan fingerprint density at radius 3 is 2.00 bits per heavy atom. The highest BCUT2D eigenvalue weighted by Gasteiger charge is 2.18. The van der Waals surface area contributed by atoms with Crippen molar-refractivity contribution in [1.82, 2.24) is 0 Å². The van der Waals surface area contributed by atoms with Crippen molar-refractivity contribution in [3.05, 3.63) is 77.6 Å². The van der Waals surface area contributed by atoms with Crippen LogP contribution in [0.1, 0.15) is 0 Å². The van der Waals surface area contributed by atoms with Gasteiger partial charge in [0, 0.05) is 10.7 Å². The van der Waals surface area contributed by atoms with Gasteiger partial charge >= 0.3 is 0 Å². The minimum absolute atomic E-state index is 0.0825. The summed E-state index contributed by atoms with van der Waals surface area (Å²) in [5.41, 5.74) is 0.391. The Morgan fingerprint density at radius 1 is 0.800 bits per heavy atom. The fourth-order valence-corrected chi connectivity index (χ4v) is 4.81. The molecule has 0 aromatic heterocycles. The highest BCUT2D eigenvalue weighted by molar-refractivity contribution is 7.93. The zero-order valence-corrected chi connectivity index (χ0v) is 17.9. The minimum Gasteiger partial charge on any atom is -0.494 e. The maximum Gasteiger partial charge on any atom is 0.262 e. The Bertz CT molecular complexity index is 1280. The molecule has 2 N–H and O–H groups in total. The lowest BCUT2D eigenvalue weighted by Crippen LogP contribution is -2.15. The van der Waals surface area contributed by atoms with E-state index in [1.165, 1.54) is 49.6 Å². The second kappa shape index (κ2) is 8.50. The van der Waals surface area contributed by atoms with Gasteiger partial charge in [0.05, 0.1) is 22.6 Å². The second-order valence-electron chi connectivity index (χ2n) is 6.04. The summed E-state index contributed by atoms with van der Waals surface area (Å²) in [6.45, 7) is 0. The number of sulfonamides is 2. The van der Waals surface area contributed by atoms with Crippen LogP contribution in [0.4, 0.5) is 15.8 Å². The van der Waals surface area contributed by atoms with E-state index in [0.717, 1.165) is 6.07 Å². The SMILES string of the molecule is COc1ccc(S(=O)(=O)Nc2ccc(S(=O)(=O)Nc3cccc(Cl)c3)cc2)cc1F. The predicted molar refractivity (Wildman–Crippen MR) is 112 cm³/mol. The number of methoxy groups -OCH3 is 1. The van der Waals surface area contributed by atoms with Gasteiger partial charge in [-0.25, -0.2) is 21.2 Å². The zero-order valence-electron chi connectivity index (χ0n) is 15.5. The van der Waals surface area contributed by atoms with Gasteiger partial charge in [-0.2, -0.15) is 0 Å². The Kier molecular flexibility index (Phi) is 6.20. The fourth-order valence-electron chi connectivity index (χ4n) is 2.50. The molecule has 0 bridgehead atoms. The minimum atomic E-state index is -4.09. The topological polar surface area (TPSA) is 102 Å². The Morgan fingerprint density at radius 2 is 1.40 bits per heavy atom. The predicted octanol–water partition coefficient (Wildman–Crippen LogP) is 4.09. The zero-order chi connectivity index (χ0) is 21.9. The maximum atomic E-state index is 13.8. The first-order valence-corrected chi connectivity index (χ1v) is 11.7. The lowest BCUT2D eigenvalue weighted by Gasteiger charge is -2.11. The molecule has 0 aliphatic carbocycles. The van der Waals surface area contributed by atoms with Crippen LogP contribution in [0.3, 0.4) is 0 Å². The van der Waals surface area contributed by atoms with E-state index in [1.807, 2.05) is 0 Å². The van der Waals surface area contributed by atoms with Gasteiger partial charge in [0.2, 0.25) is 0 Å². The van der Waals surface area contributed by atoms with Crippen LogP contribution < -0.4 is 14.2 Å². The van der Waals surface area contributed by atoms with E-state index in [4.69, 9.17) is 16.3 Å². The molecule has 0 fully saturated rings. The van der Waals surface area contributed by atoms with Crippen LogP contribution in [0.5, 0.6) is 5.75 Å². The van der Waals surface area contributed by atoms with Crippen molar-refractivity contribution in [1.29, 1.82) is 0 Å². The summed E-state index contributed by atoms with van der Waals surface area (Å²) in [6.07, 6.45) is 0. The Hall–Kier alpha value is -2.82. The van der Waals surface area contributed by atoms with Crippen molar-refractivity contribution in [2.75, 3.05) is 16.6 Å². The molecule has 30 heavy (non-hydrogen) atoms. The lowest BCUT2D eigenvalue weighted by atomic mass is 10.3. The van der Waals surface area contributed by atoms with Crippen LogP contribution in [0.25, 0.3) is 0 Å². The molecule has 0 unspecified atom stereocenters. The van der Waals surface area contributed by atoms with Gasteiger partial charge in [-0.15, -0.1) is 0 Å². The van der Waals surface area contributed by atoms with Crippen LogP contribution in [0, 0.1) is 5.82 Å². The monoisotopic (exact) mass is 470 g/mol. The number of rotatable bonds is 7. The van der Waals surface area contributed by atoms with Gasteiger partial charge in [-0.3, -0.25) is 9.44 Å². The summed E-state index contributed by atoms with van der Waals surface area (Å²) < 4.78 is 73.1. The van der Waals surface area contributed by atoms with Gasteiger partial charge in [-0.05, 0) is 60.7 Å². The third-order valence-corrected chi connectivity index (χ3v) is 6.94. The van der Waals surface area contributed by atoms with Crippen molar-refractivity contribution in [2.24, 2.45) is 0 Å². The van der Waals surface area contributed by atoms with Crippen LogP contribution in [0.2, 0.25) is 5.02 Å². The van der Waals surface area contributed by atoms with Crippen LogP contribution >= 0.6 is 11.6 Å². The summed E-state index contributed by atoms with van der Waals surface area (Å²) in [5.74, 6) is -0.912. The van der Waals surface area contributed by atoms with Crippen LogP contribution in [0.15, 0.2) is 76.5 Å². The average Bonchev–Trinajstić information content (AvgIpc) is 2.67. The van der Waals surface area contributed by atoms with E-state index in [2.05, 4.69) is 9.44 Å². The Labute approximate surface area is 178 Å². The summed E-state index contributed by atoms with van der Waals surface area (Å²) in [7, 11) is -6.73. The number of ether oxygens (including phenoxy) is 1. The molecule has 0 saturated carbocycles. The number of hydrogen-bond acceptors (Lipinski definition) is 5.